The van der Waals surface area contributed by atoms with Crippen molar-refractivity contribution in [3.8, 4) is 0 Å². The van der Waals surface area contributed by atoms with E-state index in [-0.39, 0.29) is 34.8 Å². The molecule has 2 heterocycles. The third kappa shape index (κ3) is 0.880. The van der Waals surface area contributed by atoms with Crippen LogP contribution in [-0.4, -0.2) is 24.6 Å². The molecule has 0 aromatic rings. The summed E-state index contributed by atoms with van der Waals surface area (Å²) >= 11 is 0. The van der Waals surface area contributed by atoms with Crippen LogP contribution in [0, 0.1) is 16.7 Å². The summed E-state index contributed by atoms with van der Waals surface area (Å²) in [7, 11) is 0. The van der Waals surface area contributed by atoms with Crippen LogP contribution in [0.4, 0.5) is 0 Å². The summed E-state index contributed by atoms with van der Waals surface area (Å²) in [4.78, 5) is 22.4. The van der Waals surface area contributed by atoms with E-state index in [9.17, 15) is 9.59 Å². The van der Waals surface area contributed by atoms with Crippen LogP contribution >= 0.6 is 0 Å². The van der Waals surface area contributed by atoms with Crippen LogP contribution < -0.4 is 0 Å². The maximum atomic E-state index is 11.6. The van der Waals surface area contributed by atoms with Gasteiger partial charge in [0, 0.05) is 12.3 Å². The molecule has 4 atom stereocenters. The minimum Gasteiger partial charge on any atom is -0.465 e. The third-order valence-electron chi connectivity index (χ3n) is 4.54. The van der Waals surface area contributed by atoms with Crippen LogP contribution in [0.25, 0.3) is 0 Å². The molecule has 4 rings (SSSR count). The van der Waals surface area contributed by atoms with Gasteiger partial charge in [0.15, 0.2) is 0 Å². The van der Waals surface area contributed by atoms with Crippen LogP contribution in [0.3, 0.4) is 0 Å². The number of fused-ring (bicyclic) bond motifs is 1. The van der Waals surface area contributed by atoms with Crippen molar-refractivity contribution >= 4 is 11.9 Å². The standard InChI is InChI=1S/C11H14O4/c1-6(12)14-5-11-4-7-3-10(11,2)8(11)9(13)15-7/h7-8H,3-5H2,1-2H3/t7-,8+,10-,11+/m1/s1. The van der Waals surface area contributed by atoms with Gasteiger partial charge < -0.3 is 9.47 Å². The van der Waals surface area contributed by atoms with E-state index in [0.29, 0.717) is 6.61 Å². The smallest absolute Gasteiger partial charge is 0.310 e. The zero-order chi connectivity index (χ0) is 10.8. The molecule has 15 heavy (non-hydrogen) atoms. The number of esters is 2. The molecule has 4 bridgehead atoms. The average molecular weight is 210 g/mol. The van der Waals surface area contributed by atoms with Crippen molar-refractivity contribution < 1.29 is 19.1 Å². The SMILES string of the molecule is CC(=O)OC[C@]12C[C@H]3C[C@]1(C)[C@@H]2C(=O)O3. The average Bonchev–Trinajstić information content (AvgIpc) is 2.54. The molecule has 2 aliphatic carbocycles. The van der Waals surface area contributed by atoms with Gasteiger partial charge in [-0.15, -0.1) is 0 Å². The fourth-order valence-corrected chi connectivity index (χ4v) is 3.80. The molecule has 82 valence electrons. The Morgan fingerprint density at radius 3 is 2.87 bits per heavy atom. The molecule has 0 N–H and O–H groups in total. The van der Waals surface area contributed by atoms with E-state index >= 15 is 0 Å². The third-order valence-corrected chi connectivity index (χ3v) is 4.54. The number of rotatable bonds is 2. The van der Waals surface area contributed by atoms with Crippen LogP contribution in [0.1, 0.15) is 26.7 Å². The highest BCUT2D eigenvalue weighted by Gasteiger charge is 2.84. The Morgan fingerprint density at radius 2 is 2.33 bits per heavy atom. The van der Waals surface area contributed by atoms with Gasteiger partial charge in [0.1, 0.15) is 6.10 Å². The Morgan fingerprint density at radius 1 is 1.60 bits per heavy atom. The van der Waals surface area contributed by atoms with Gasteiger partial charge in [-0.1, -0.05) is 6.92 Å². The predicted octanol–water partition coefficient (Wildman–Crippen LogP) is 0.891. The minimum atomic E-state index is -0.269. The van der Waals surface area contributed by atoms with Gasteiger partial charge in [0.05, 0.1) is 12.5 Å². The minimum absolute atomic E-state index is 0.0302. The molecule has 0 aromatic carbocycles. The highest BCUT2D eigenvalue weighted by atomic mass is 16.6. The van der Waals surface area contributed by atoms with Crippen LogP contribution in [0.5, 0.6) is 0 Å². The Bertz CT molecular complexity index is 364. The van der Waals surface area contributed by atoms with Crippen molar-refractivity contribution in [1.29, 1.82) is 0 Å². The lowest BCUT2D eigenvalue weighted by Crippen LogP contribution is -2.33. The summed E-state index contributed by atoms with van der Waals surface area (Å²) in [5, 5.41) is 0. The molecule has 0 radical (unpaired) electrons. The molecule has 4 nitrogen and oxygen atoms in total. The van der Waals surface area contributed by atoms with Crippen LogP contribution in [-0.2, 0) is 19.1 Å². The van der Waals surface area contributed by atoms with Gasteiger partial charge in [-0.05, 0) is 18.3 Å². The molecule has 4 fully saturated rings. The van der Waals surface area contributed by atoms with E-state index in [1.54, 1.807) is 0 Å². The molecule has 0 spiro atoms. The first-order valence-corrected chi connectivity index (χ1v) is 5.33. The zero-order valence-electron chi connectivity index (χ0n) is 8.91. The number of hydrogen-bond donors (Lipinski definition) is 0. The van der Waals surface area contributed by atoms with Gasteiger partial charge >= 0.3 is 11.9 Å². The van der Waals surface area contributed by atoms with Crippen molar-refractivity contribution in [2.24, 2.45) is 16.7 Å². The second-order valence-electron chi connectivity index (χ2n) is 5.25. The maximum absolute atomic E-state index is 11.6. The van der Waals surface area contributed by atoms with E-state index in [4.69, 9.17) is 9.47 Å². The quantitative estimate of drug-likeness (QED) is 0.635. The highest BCUT2D eigenvalue weighted by molar-refractivity contribution is 5.82. The number of hydrogen-bond acceptors (Lipinski definition) is 4. The maximum Gasteiger partial charge on any atom is 0.310 e. The monoisotopic (exact) mass is 210 g/mol. The lowest BCUT2D eigenvalue weighted by Gasteiger charge is -2.26. The van der Waals surface area contributed by atoms with Crippen molar-refractivity contribution in [3.63, 3.8) is 0 Å². The topological polar surface area (TPSA) is 52.6 Å². The molecule has 4 aliphatic rings. The molecule has 0 amide bonds. The van der Waals surface area contributed by atoms with E-state index < -0.39 is 0 Å². The van der Waals surface area contributed by atoms with Gasteiger partial charge in [0.25, 0.3) is 0 Å². The second kappa shape index (κ2) is 2.36. The molecule has 2 aliphatic heterocycles. The molecule has 4 heteroatoms. The van der Waals surface area contributed by atoms with Crippen molar-refractivity contribution in [2.45, 2.75) is 32.8 Å². The summed E-state index contributed by atoms with van der Waals surface area (Å²) < 4.78 is 10.3. The summed E-state index contributed by atoms with van der Waals surface area (Å²) in [5.41, 5.74) is -0.0683. The Kier molecular flexibility index (Phi) is 1.45. The van der Waals surface area contributed by atoms with Crippen LogP contribution in [0.2, 0.25) is 0 Å². The number of carbonyl (C=O) groups excluding carboxylic acids is 2. The van der Waals surface area contributed by atoms with E-state index in [0.717, 1.165) is 12.8 Å². The lowest BCUT2D eigenvalue weighted by atomic mass is 9.97. The van der Waals surface area contributed by atoms with Gasteiger partial charge in [-0.2, -0.15) is 0 Å². The van der Waals surface area contributed by atoms with Gasteiger partial charge in [-0.3, -0.25) is 9.59 Å². The first-order chi connectivity index (χ1) is 6.99. The number of ether oxygens (including phenoxy) is 2. The van der Waals surface area contributed by atoms with Gasteiger partial charge in [0.2, 0.25) is 0 Å². The molecule has 0 aromatic heterocycles. The largest absolute Gasteiger partial charge is 0.465 e. The fraction of sp³-hybridized carbons (Fsp3) is 0.818. The zero-order valence-corrected chi connectivity index (χ0v) is 8.91. The lowest BCUT2D eigenvalue weighted by molar-refractivity contribution is -0.163. The predicted molar refractivity (Wildman–Crippen MR) is 49.8 cm³/mol. The Balaban J connectivity index is 1.83. The molecular weight excluding hydrogens is 196 g/mol. The van der Waals surface area contributed by atoms with Crippen molar-refractivity contribution in [1.82, 2.24) is 0 Å². The molecular formula is C11H14O4. The van der Waals surface area contributed by atoms with Gasteiger partial charge in [-0.25, -0.2) is 0 Å². The summed E-state index contributed by atoms with van der Waals surface area (Å²) in [5.74, 6) is -0.392. The summed E-state index contributed by atoms with van der Waals surface area (Å²) in [6, 6.07) is 0. The first-order valence-electron chi connectivity index (χ1n) is 5.33. The second-order valence-corrected chi connectivity index (χ2v) is 5.25. The molecule has 2 saturated heterocycles. The Hall–Kier alpha value is -1.06. The molecule has 2 saturated carbocycles. The van der Waals surface area contributed by atoms with Crippen molar-refractivity contribution in [3.05, 3.63) is 0 Å². The fourth-order valence-electron chi connectivity index (χ4n) is 3.80. The normalized spacial score (nSPS) is 49.9. The summed E-state index contributed by atoms with van der Waals surface area (Å²) in [6.45, 7) is 3.90. The first kappa shape index (κ1) is 9.19. The van der Waals surface area contributed by atoms with E-state index in [1.165, 1.54) is 6.92 Å². The highest BCUT2D eigenvalue weighted by Crippen LogP contribution is 2.80. The van der Waals surface area contributed by atoms with E-state index in [1.807, 2.05) is 0 Å². The van der Waals surface area contributed by atoms with Crippen LogP contribution in [0.15, 0.2) is 0 Å². The van der Waals surface area contributed by atoms with E-state index in [2.05, 4.69) is 6.92 Å². The Labute approximate surface area is 87.9 Å². The number of carbonyl (C=O) groups is 2. The molecule has 0 unspecified atom stereocenters. The summed E-state index contributed by atoms with van der Waals surface area (Å²) in [6.07, 6.45) is 1.86. The van der Waals surface area contributed by atoms with Crippen molar-refractivity contribution in [2.75, 3.05) is 6.61 Å².